The minimum atomic E-state index is -4.66. The first-order chi connectivity index (χ1) is 22.5. The zero-order valence-electron chi connectivity index (χ0n) is 26.1. The summed E-state index contributed by atoms with van der Waals surface area (Å²) in [6.07, 6.45) is -2.19. The van der Waals surface area contributed by atoms with E-state index in [4.69, 9.17) is 5.73 Å². The molecule has 0 saturated carbocycles. The van der Waals surface area contributed by atoms with Crippen LogP contribution in [0.25, 0.3) is 11.1 Å². The van der Waals surface area contributed by atoms with Gasteiger partial charge in [-0.3, -0.25) is 4.90 Å². The standard InChI is InChI=1S/C34H40F3N5O5/c1-41-7-6-19-10-20(15-43)24(17-45)30-29(19)28(41)13-23-26(11-21(16-44)32(46)31(23)30)40-33(47)39-22-2-3-27(25(12-22)34(35,36)37)42-8-4-18(14-38)5-9-42/h2-3,10-12,18,28,43-46H,4-9,13-17,38H2,1H3,(H2,39,40,47). The Labute approximate surface area is 270 Å². The molecule has 8 N–H and O–H groups in total. The van der Waals surface area contributed by atoms with Gasteiger partial charge in [-0.25, -0.2) is 4.79 Å². The number of halogens is 3. The second kappa shape index (κ2) is 13.0. The smallest absolute Gasteiger partial charge is 0.418 e. The number of hydrogen-bond acceptors (Lipinski definition) is 8. The molecule has 1 unspecified atom stereocenters. The molecule has 3 aromatic carbocycles. The molecule has 252 valence electrons. The molecule has 1 aliphatic carbocycles. The monoisotopic (exact) mass is 655 g/mol. The summed E-state index contributed by atoms with van der Waals surface area (Å²) in [5.74, 6) is 0.0799. The third-order valence-electron chi connectivity index (χ3n) is 9.98. The first-order valence-electron chi connectivity index (χ1n) is 15.8. The van der Waals surface area contributed by atoms with E-state index in [1.54, 1.807) is 4.90 Å². The van der Waals surface area contributed by atoms with Crippen LogP contribution in [0, 0.1) is 5.92 Å². The summed E-state index contributed by atoms with van der Waals surface area (Å²) in [5.41, 5.74) is 9.60. The number of nitrogens with two attached hydrogens (primary N) is 1. The molecule has 0 aromatic heterocycles. The average molecular weight is 656 g/mol. The molecule has 10 nitrogen and oxygen atoms in total. The van der Waals surface area contributed by atoms with Crippen molar-refractivity contribution in [1.29, 1.82) is 0 Å². The molecule has 0 spiro atoms. The number of likely N-dealkylation sites (N-methyl/N-ethyl adjacent to an activating group) is 1. The first kappa shape index (κ1) is 33.0. The molecule has 3 aliphatic rings. The number of alkyl halides is 3. The number of phenols is 1. The summed E-state index contributed by atoms with van der Waals surface area (Å²) in [4.78, 5) is 17.2. The molecule has 0 bridgehead atoms. The molecule has 13 heteroatoms. The summed E-state index contributed by atoms with van der Waals surface area (Å²) in [6, 6.07) is 6.09. The van der Waals surface area contributed by atoms with Crippen LogP contribution >= 0.6 is 0 Å². The van der Waals surface area contributed by atoms with Crippen molar-refractivity contribution >= 4 is 23.1 Å². The fourth-order valence-electron chi connectivity index (χ4n) is 7.47. The van der Waals surface area contributed by atoms with Gasteiger partial charge in [0.25, 0.3) is 0 Å². The number of rotatable bonds is 7. The van der Waals surface area contributed by atoms with Crippen LogP contribution in [0.2, 0.25) is 0 Å². The van der Waals surface area contributed by atoms with Crippen molar-refractivity contribution in [3.05, 3.63) is 69.3 Å². The number of benzene rings is 3. The van der Waals surface area contributed by atoms with Gasteiger partial charge in [-0.15, -0.1) is 0 Å². The van der Waals surface area contributed by atoms with E-state index in [2.05, 4.69) is 15.5 Å². The van der Waals surface area contributed by atoms with Crippen LogP contribution in [0.4, 0.5) is 35.0 Å². The van der Waals surface area contributed by atoms with E-state index in [9.17, 15) is 38.4 Å². The summed E-state index contributed by atoms with van der Waals surface area (Å²) >= 11 is 0. The Kier molecular flexibility index (Phi) is 9.11. The van der Waals surface area contributed by atoms with Crippen LogP contribution in [0.3, 0.4) is 0 Å². The number of piperidine rings is 1. The molecule has 6 rings (SSSR count). The lowest BCUT2D eigenvalue weighted by Crippen LogP contribution is -2.37. The van der Waals surface area contributed by atoms with E-state index in [-0.39, 0.29) is 46.9 Å². The van der Waals surface area contributed by atoms with E-state index in [1.165, 1.54) is 18.2 Å². The predicted molar refractivity (Wildman–Crippen MR) is 172 cm³/mol. The summed E-state index contributed by atoms with van der Waals surface area (Å²) in [6.45, 7) is 0.828. The van der Waals surface area contributed by atoms with Gasteiger partial charge in [0, 0.05) is 53.9 Å². The topological polar surface area (TPSA) is 155 Å². The number of aliphatic hydroxyl groups excluding tert-OH is 3. The van der Waals surface area contributed by atoms with Gasteiger partial charge in [-0.05, 0) is 103 Å². The van der Waals surface area contributed by atoms with Crippen LogP contribution in [0.1, 0.15) is 57.8 Å². The second-order valence-corrected chi connectivity index (χ2v) is 12.6. The van der Waals surface area contributed by atoms with E-state index in [0.717, 1.165) is 23.7 Å². The second-order valence-electron chi connectivity index (χ2n) is 12.6. The summed E-state index contributed by atoms with van der Waals surface area (Å²) in [7, 11) is 1.96. The van der Waals surface area contributed by atoms with Gasteiger partial charge in [0.1, 0.15) is 5.75 Å². The Morgan fingerprint density at radius 1 is 0.979 bits per heavy atom. The first-order valence-corrected chi connectivity index (χ1v) is 15.8. The molecule has 2 aliphatic heterocycles. The predicted octanol–water partition coefficient (Wildman–Crippen LogP) is 4.46. The Balaban J connectivity index is 1.36. The Hall–Kier alpha value is -3.88. The van der Waals surface area contributed by atoms with Gasteiger partial charge in [0.2, 0.25) is 0 Å². The van der Waals surface area contributed by atoms with E-state index >= 15 is 0 Å². The number of carbonyl (C=O) groups is 1. The zero-order valence-corrected chi connectivity index (χ0v) is 26.1. The summed E-state index contributed by atoms with van der Waals surface area (Å²) in [5, 5.41) is 47.4. The lowest BCUT2D eigenvalue weighted by atomic mass is 9.73. The highest BCUT2D eigenvalue weighted by Crippen LogP contribution is 2.53. The van der Waals surface area contributed by atoms with Crippen molar-refractivity contribution in [3.8, 4) is 16.9 Å². The van der Waals surface area contributed by atoms with Crippen molar-refractivity contribution in [3.63, 3.8) is 0 Å². The molecular formula is C34H40F3N5O5. The molecule has 1 saturated heterocycles. The molecule has 47 heavy (non-hydrogen) atoms. The minimum Gasteiger partial charge on any atom is -0.507 e. The van der Waals surface area contributed by atoms with Crippen LogP contribution in [-0.4, -0.2) is 64.6 Å². The largest absolute Gasteiger partial charge is 0.507 e. The third-order valence-corrected chi connectivity index (χ3v) is 9.98. The molecule has 1 fully saturated rings. The highest BCUT2D eigenvalue weighted by molar-refractivity contribution is 6.02. The van der Waals surface area contributed by atoms with Crippen molar-refractivity contribution in [2.45, 2.75) is 57.7 Å². The number of nitrogens with zero attached hydrogens (tertiary/aromatic N) is 2. The lowest BCUT2D eigenvalue weighted by molar-refractivity contribution is -0.137. The van der Waals surface area contributed by atoms with Crippen molar-refractivity contribution in [2.24, 2.45) is 11.7 Å². The van der Waals surface area contributed by atoms with Crippen LogP contribution in [0.5, 0.6) is 5.75 Å². The van der Waals surface area contributed by atoms with Crippen molar-refractivity contribution < 1.29 is 38.4 Å². The normalized spacial score (nSPS) is 18.1. The SMILES string of the molecule is CN1CCc2cc(CO)c(CO)c3c2C1Cc1c(NC(=O)Nc2ccc(N4CCC(CN)CC4)c(C(F)(F)F)c2)cc(CO)c(O)c1-3. The fourth-order valence-corrected chi connectivity index (χ4v) is 7.47. The maximum Gasteiger partial charge on any atom is 0.418 e. The van der Waals surface area contributed by atoms with Gasteiger partial charge in [-0.1, -0.05) is 6.07 Å². The molecule has 3 aromatic rings. The Morgan fingerprint density at radius 2 is 1.70 bits per heavy atom. The zero-order chi connectivity index (χ0) is 33.6. The number of aromatic hydroxyl groups is 1. The number of carbonyl (C=O) groups excluding carboxylic acids is 1. The Morgan fingerprint density at radius 3 is 2.34 bits per heavy atom. The molecular weight excluding hydrogens is 615 g/mol. The number of anilines is 3. The number of fused-ring (bicyclic) bond motifs is 2. The maximum atomic E-state index is 14.2. The number of urea groups is 1. The van der Waals surface area contributed by atoms with Crippen molar-refractivity contribution in [2.75, 3.05) is 48.8 Å². The quantitative estimate of drug-likeness (QED) is 0.184. The average Bonchev–Trinajstić information content (AvgIpc) is 3.06. The molecule has 2 heterocycles. The third kappa shape index (κ3) is 6.02. The molecule has 1 atom stereocenters. The van der Waals surface area contributed by atoms with E-state index in [1.807, 2.05) is 13.1 Å². The number of nitrogens with one attached hydrogen (secondary N) is 2. The molecule has 0 radical (unpaired) electrons. The van der Waals surface area contributed by atoms with Crippen LogP contribution < -0.4 is 21.3 Å². The fraction of sp³-hybridized carbons (Fsp3) is 0.441. The highest BCUT2D eigenvalue weighted by atomic mass is 19.4. The Bertz CT molecular complexity index is 1690. The van der Waals surface area contributed by atoms with Gasteiger partial charge < -0.3 is 41.7 Å². The van der Waals surface area contributed by atoms with Crippen LogP contribution in [-0.2, 0) is 38.8 Å². The molecule has 2 amide bonds. The van der Waals surface area contributed by atoms with Crippen LogP contribution in [0.15, 0.2) is 30.3 Å². The van der Waals surface area contributed by atoms with Gasteiger partial charge >= 0.3 is 12.2 Å². The van der Waals surface area contributed by atoms with Gasteiger partial charge in [0.15, 0.2) is 0 Å². The lowest BCUT2D eigenvalue weighted by Gasteiger charge is -2.42. The van der Waals surface area contributed by atoms with E-state index in [0.29, 0.717) is 73.1 Å². The minimum absolute atomic E-state index is 0.0516. The highest BCUT2D eigenvalue weighted by Gasteiger charge is 2.39. The number of aliphatic hydroxyl groups is 3. The maximum absolute atomic E-state index is 14.2. The van der Waals surface area contributed by atoms with Gasteiger partial charge in [0.05, 0.1) is 25.4 Å². The van der Waals surface area contributed by atoms with Crippen molar-refractivity contribution in [1.82, 2.24) is 4.90 Å². The number of amides is 2. The van der Waals surface area contributed by atoms with Gasteiger partial charge in [-0.2, -0.15) is 13.2 Å². The van der Waals surface area contributed by atoms with E-state index < -0.39 is 31.0 Å². The number of hydrogen-bond donors (Lipinski definition) is 7. The summed E-state index contributed by atoms with van der Waals surface area (Å²) < 4.78 is 42.7.